The van der Waals surface area contributed by atoms with Gasteiger partial charge in [-0.2, -0.15) is 53.4 Å². The number of hydrogen-bond acceptors (Lipinski definition) is 3. The summed E-state index contributed by atoms with van der Waals surface area (Å²) in [4.78, 5) is 0. The molecular weight excluding hydrogens is 432 g/mol. The average Bonchev–Trinajstić information content (AvgIpc) is 2.75. The van der Waals surface area contributed by atoms with Gasteiger partial charge in [-0.25, -0.2) is 0 Å². The summed E-state index contributed by atoms with van der Waals surface area (Å²) in [6, 6.07) is 0. The van der Waals surface area contributed by atoms with Crippen LogP contribution in [0.4, 0.5) is 0 Å². The topological polar surface area (TPSA) is 57.5 Å². The Morgan fingerprint density at radius 1 is 0.562 bits per heavy atom. The Hall–Kier alpha value is 0.434. The quantitative estimate of drug-likeness (QED) is 0.300. The summed E-state index contributed by atoms with van der Waals surface area (Å²) < 4.78 is 8.25. The van der Waals surface area contributed by atoms with Crippen molar-refractivity contribution >= 4 is 0 Å². The Morgan fingerprint density at radius 3 is 0.594 bits per heavy atom. The number of rotatable bonds is 4. The molecule has 0 radical (unpaired) electrons. The first kappa shape index (κ1) is 58.4. The van der Waals surface area contributed by atoms with Gasteiger partial charge in [-0.3, -0.25) is 0 Å². The third kappa shape index (κ3) is 1340. The van der Waals surface area contributed by atoms with Gasteiger partial charge in [0, 0.05) is 12.2 Å². The van der Waals surface area contributed by atoms with E-state index in [-0.39, 0.29) is 12.2 Å². The molecule has 0 rings (SSSR count). The fraction of sp³-hybridized carbons (Fsp3) is 0.786. The van der Waals surface area contributed by atoms with Crippen molar-refractivity contribution in [2.45, 2.75) is 147 Å². The van der Waals surface area contributed by atoms with E-state index in [1.807, 2.05) is 40.5 Å². The van der Waals surface area contributed by atoms with Gasteiger partial charge in [0.2, 0.25) is 0 Å². The van der Waals surface area contributed by atoms with Gasteiger partial charge in [-0.1, -0.05) is 53.4 Å². The van der Waals surface area contributed by atoms with Crippen molar-refractivity contribution in [2.24, 2.45) is 0 Å². The predicted molar refractivity (Wildman–Crippen MR) is 148 cm³/mol. The van der Waals surface area contributed by atoms with E-state index in [4.69, 9.17) is 13.5 Å². The number of unbranched alkanes of at least 4 members (excludes halogenated alkanes) is 4. The van der Waals surface area contributed by atoms with Crippen LogP contribution in [0.2, 0.25) is 0 Å². The van der Waals surface area contributed by atoms with Gasteiger partial charge in [-0.15, -0.1) is 0 Å². The molecule has 0 aromatic heterocycles. The maximum absolute atomic E-state index is 8.25. The van der Waals surface area contributed by atoms with E-state index in [0.29, 0.717) is 0 Å². The van der Waals surface area contributed by atoms with Crippen LogP contribution in [0, 0.1) is 40.5 Å². The minimum absolute atomic E-state index is 0.167. The molecule has 32 heavy (non-hydrogen) atoms. The summed E-state index contributed by atoms with van der Waals surface area (Å²) in [6.45, 7) is 37.8. The molecule has 3 nitrogen and oxygen atoms in total. The predicted octanol–water partition coefficient (Wildman–Crippen LogP) is 9.60. The molecule has 0 heterocycles. The molecule has 0 saturated heterocycles. The second-order valence-electron chi connectivity index (χ2n) is 6.76. The van der Waals surface area contributed by atoms with Crippen LogP contribution in [0.1, 0.15) is 134 Å². The van der Waals surface area contributed by atoms with Gasteiger partial charge in [0.05, 0.1) is 0 Å². The van der Waals surface area contributed by atoms with Gasteiger partial charge >= 0.3 is 23.7 Å². The third-order valence-corrected chi connectivity index (χ3v) is 1.41. The van der Waals surface area contributed by atoms with E-state index in [1.165, 1.54) is 25.7 Å². The molecule has 4 heteroatoms. The monoisotopic (exact) mass is 498 g/mol. The van der Waals surface area contributed by atoms with E-state index < -0.39 is 0 Å². The maximum atomic E-state index is 8.25. The molecule has 0 aliphatic rings. The minimum atomic E-state index is -0.167. The number of aliphatic hydroxyl groups is 2. The zero-order chi connectivity index (χ0) is 28.2. The van der Waals surface area contributed by atoms with E-state index in [9.17, 15) is 0 Å². The van der Waals surface area contributed by atoms with Crippen LogP contribution in [0.25, 0.3) is 0 Å². The molecular formula is C28H66O3Ti-6. The van der Waals surface area contributed by atoms with Crippen LogP contribution < -0.4 is 0 Å². The number of aliphatic hydroxyl groups excluding tert-OH is 2. The first-order valence-electron chi connectivity index (χ1n) is 12.2. The van der Waals surface area contributed by atoms with Crippen molar-refractivity contribution < 1.29 is 33.9 Å². The fourth-order valence-electron chi connectivity index (χ4n) is 0. The molecule has 2 N–H and O–H groups in total. The third-order valence-electron chi connectivity index (χ3n) is 1.41. The van der Waals surface area contributed by atoms with Crippen molar-refractivity contribution in [3.05, 3.63) is 40.5 Å². The van der Waals surface area contributed by atoms with Crippen molar-refractivity contribution in [2.75, 3.05) is 0 Å². The Labute approximate surface area is 220 Å². The first-order valence-corrected chi connectivity index (χ1v) is 12.8. The molecule has 0 unspecified atom stereocenters. The van der Waals surface area contributed by atoms with E-state index in [0.717, 1.165) is 46.1 Å². The van der Waals surface area contributed by atoms with Crippen molar-refractivity contribution in [3.8, 4) is 0 Å². The van der Waals surface area contributed by atoms with E-state index in [1.54, 1.807) is 27.7 Å². The van der Waals surface area contributed by atoms with Gasteiger partial charge < -0.3 is 50.7 Å². The Morgan fingerprint density at radius 2 is 0.594 bits per heavy atom. The molecule has 0 aromatic carbocycles. The van der Waals surface area contributed by atoms with Crippen molar-refractivity contribution in [1.82, 2.24) is 0 Å². The van der Waals surface area contributed by atoms with E-state index in [2.05, 4.69) is 55.4 Å². The molecule has 0 aromatic rings. The summed E-state index contributed by atoms with van der Waals surface area (Å²) in [5.41, 5.74) is 0. The Bertz CT molecular complexity index is 118. The van der Waals surface area contributed by atoms with Crippen LogP contribution in [0.15, 0.2) is 0 Å². The molecule has 0 aliphatic carbocycles. The summed E-state index contributed by atoms with van der Waals surface area (Å²) in [5, 5.41) is 16.1. The van der Waals surface area contributed by atoms with Gasteiger partial charge in [-0.05, 0) is 27.7 Å². The van der Waals surface area contributed by atoms with Crippen LogP contribution in [0.5, 0.6) is 0 Å². The summed E-state index contributed by atoms with van der Waals surface area (Å²) in [7, 11) is 0. The summed E-state index contributed by atoms with van der Waals surface area (Å²) in [5.74, 6) is 0. The molecule has 206 valence electrons. The zero-order valence-corrected chi connectivity index (χ0v) is 26.2. The molecule has 0 spiro atoms. The molecule has 0 amide bonds. The zero-order valence-electron chi connectivity index (χ0n) is 24.6. The van der Waals surface area contributed by atoms with Gasteiger partial charge in [0.15, 0.2) is 0 Å². The van der Waals surface area contributed by atoms with Crippen LogP contribution in [-0.4, -0.2) is 22.4 Å². The summed E-state index contributed by atoms with van der Waals surface area (Å²) >= 11 is 0.750. The van der Waals surface area contributed by atoms with E-state index >= 15 is 0 Å². The Balaban J connectivity index is -0.0000000267. The van der Waals surface area contributed by atoms with Crippen molar-refractivity contribution in [1.29, 1.82) is 0 Å². The molecule has 0 bridgehead atoms. The second kappa shape index (κ2) is 108. The standard InChI is InChI=1S/4C4H9.2C3H8O.2C3H7.O.Ti/c4*1-3-4-2;2*1-3(2)4;2*1-3-2;;/h4*1,3-4H2,2H3;2*3-4H,1-2H3;2*3H,1-2H3;;/q4*-1;;;2*-1;;. The van der Waals surface area contributed by atoms with Crippen molar-refractivity contribution in [3.63, 3.8) is 0 Å². The van der Waals surface area contributed by atoms with Gasteiger partial charge in [0.25, 0.3) is 0 Å². The second-order valence-corrected chi connectivity index (χ2v) is 6.76. The van der Waals surface area contributed by atoms with Crippen LogP contribution in [-0.2, 0) is 23.7 Å². The normalized spacial score (nSPS) is 7.22. The molecule has 0 fully saturated rings. The SMILES string of the molecule is CC(C)O.CC(C)O.C[CH-]C.C[CH-]C.[CH2-]CCC.[CH2-]CCC.[CH2-]CCC.[CH2-]CCC.[O]=[Ti]. The molecule has 0 atom stereocenters. The van der Waals surface area contributed by atoms with Gasteiger partial charge in [0.1, 0.15) is 0 Å². The fourth-order valence-corrected chi connectivity index (χ4v) is 0. The molecule has 0 saturated carbocycles. The van der Waals surface area contributed by atoms with Crippen LogP contribution in [0.3, 0.4) is 0 Å². The Kier molecular flexibility index (Phi) is 197. The number of hydrogen-bond donors (Lipinski definition) is 2. The van der Waals surface area contributed by atoms with Crippen LogP contribution >= 0.6 is 0 Å². The average molecular weight is 499 g/mol. The molecule has 0 aliphatic heterocycles. The summed E-state index contributed by atoms with van der Waals surface area (Å²) in [6.07, 6.45) is 12.8. The first-order chi connectivity index (χ1) is 14.9.